The van der Waals surface area contributed by atoms with Crippen molar-refractivity contribution >= 4 is 5.91 Å². The first kappa shape index (κ1) is 9.19. The maximum Gasteiger partial charge on any atom is 0.223 e. The summed E-state index contributed by atoms with van der Waals surface area (Å²) in [6.07, 6.45) is 4.25. The van der Waals surface area contributed by atoms with Gasteiger partial charge in [0, 0.05) is 25.9 Å². The van der Waals surface area contributed by atoms with Crippen LogP contribution < -0.4 is 0 Å². The summed E-state index contributed by atoms with van der Waals surface area (Å²) in [5.41, 5.74) is 1.13. The first-order valence-electron chi connectivity index (χ1n) is 4.85. The molecule has 2 rings (SSSR count). The van der Waals surface area contributed by atoms with Crippen LogP contribution in [-0.2, 0) is 4.79 Å². The van der Waals surface area contributed by atoms with Crippen LogP contribution in [0.4, 0.5) is 0 Å². The number of hydrogen-bond acceptors (Lipinski definition) is 2. The first-order chi connectivity index (χ1) is 6.70. The van der Waals surface area contributed by atoms with Crippen LogP contribution in [0.2, 0.25) is 0 Å². The summed E-state index contributed by atoms with van der Waals surface area (Å²) in [6.45, 7) is 2.11. The third kappa shape index (κ3) is 1.39. The smallest absolute Gasteiger partial charge is 0.223 e. The monoisotopic (exact) mass is 190 g/mol. The van der Waals surface area contributed by atoms with Crippen LogP contribution in [0.3, 0.4) is 0 Å². The Morgan fingerprint density at radius 3 is 2.86 bits per heavy atom. The summed E-state index contributed by atoms with van der Waals surface area (Å²) in [5, 5.41) is 0. The lowest BCUT2D eigenvalue weighted by Crippen LogP contribution is -2.23. The minimum Gasteiger partial charge on any atom is -0.338 e. The zero-order valence-corrected chi connectivity index (χ0v) is 8.47. The van der Waals surface area contributed by atoms with Crippen molar-refractivity contribution in [3.05, 3.63) is 30.1 Å². The summed E-state index contributed by atoms with van der Waals surface area (Å²) >= 11 is 0. The number of nitrogens with zero attached hydrogens (tertiary/aromatic N) is 2. The van der Waals surface area contributed by atoms with Crippen LogP contribution in [0.25, 0.3) is 0 Å². The van der Waals surface area contributed by atoms with Gasteiger partial charge < -0.3 is 4.90 Å². The van der Waals surface area contributed by atoms with Crippen molar-refractivity contribution in [2.24, 2.45) is 5.92 Å². The minimum absolute atomic E-state index is 0.205. The fourth-order valence-corrected chi connectivity index (χ4v) is 2.17. The summed E-state index contributed by atoms with van der Waals surface area (Å²) < 4.78 is 0. The van der Waals surface area contributed by atoms with Gasteiger partial charge in [0.1, 0.15) is 0 Å². The molecule has 1 aromatic heterocycles. The average Bonchev–Trinajstić information content (AvgIpc) is 2.43. The molecule has 1 aromatic rings. The second kappa shape index (κ2) is 3.40. The van der Waals surface area contributed by atoms with Crippen LogP contribution in [0.15, 0.2) is 24.5 Å². The minimum atomic E-state index is 0.205. The second-order valence-electron chi connectivity index (χ2n) is 3.92. The van der Waals surface area contributed by atoms with Gasteiger partial charge in [0.05, 0.1) is 6.04 Å². The molecule has 2 heterocycles. The van der Waals surface area contributed by atoms with Crippen molar-refractivity contribution in [3.63, 3.8) is 0 Å². The van der Waals surface area contributed by atoms with E-state index in [0.717, 1.165) is 5.56 Å². The number of carbonyl (C=O) groups is 1. The third-order valence-corrected chi connectivity index (χ3v) is 2.87. The quantitative estimate of drug-likeness (QED) is 0.674. The number of aromatic nitrogens is 1. The van der Waals surface area contributed by atoms with Crippen molar-refractivity contribution in [1.82, 2.24) is 9.88 Å². The SMILES string of the molecule is C[C@H]1CC(=O)N(C)C1c1cccnc1. The van der Waals surface area contributed by atoms with Gasteiger partial charge in [-0.3, -0.25) is 9.78 Å². The number of carbonyl (C=O) groups excluding carboxylic acids is 1. The van der Waals surface area contributed by atoms with Gasteiger partial charge in [-0.2, -0.15) is 0 Å². The second-order valence-corrected chi connectivity index (χ2v) is 3.92. The van der Waals surface area contributed by atoms with Crippen molar-refractivity contribution in [2.45, 2.75) is 19.4 Å². The topological polar surface area (TPSA) is 33.2 Å². The van der Waals surface area contributed by atoms with Crippen molar-refractivity contribution in [1.29, 1.82) is 0 Å². The predicted octanol–water partition coefficient (Wildman–Crippen LogP) is 1.62. The molecule has 3 heteroatoms. The zero-order valence-electron chi connectivity index (χ0n) is 8.47. The summed E-state index contributed by atoms with van der Waals surface area (Å²) in [7, 11) is 1.86. The van der Waals surface area contributed by atoms with E-state index in [-0.39, 0.29) is 11.9 Å². The summed E-state index contributed by atoms with van der Waals surface area (Å²) in [4.78, 5) is 17.4. The van der Waals surface area contributed by atoms with E-state index in [1.165, 1.54) is 0 Å². The Balaban J connectivity index is 2.31. The number of rotatable bonds is 1. The van der Waals surface area contributed by atoms with Gasteiger partial charge >= 0.3 is 0 Å². The Bertz CT molecular complexity index is 336. The molecule has 1 saturated heterocycles. The molecular formula is C11H14N2O. The van der Waals surface area contributed by atoms with Crippen LogP contribution >= 0.6 is 0 Å². The Kier molecular flexibility index (Phi) is 2.23. The highest BCUT2D eigenvalue weighted by Crippen LogP contribution is 2.35. The molecule has 0 radical (unpaired) electrons. The Labute approximate surface area is 83.8 Å². The van der Waals surface area contributed by atoms with E-state index < -0.39 is 0 Å². The highest BCUT2D eigenvalue weighted by Gasteiger charge is 2.35. The molecule has 0 spiro atoms. The number of likely N-dealkylation sites (tertiary alicyclic amines) is 1. The Hall–Kier alpha value is -1.38. The number of amides is 1. The predicted molar refractivity (Wildman–Crippen MR) is 53.5 cm³/mol. The molecule has 0 aliphatic carbocycles. The number of hydrogen-bond donors (Lipinski definition) is 0. The molecule has 0 aromatic carbocycles. The standard InChI is InChI=1S/C11H14N2O/c1-8-6-10(14)13(2)11(8)9-4-3-5-12-7-9/h3-5,7-8,11H,6H2,1-2H3/t8-,11?/m0/s1. The van der Waals surface area contributed by atoms with Crippen molar-refractivity contribution in [2.75, 3.05) is 7.05 Å². The molecule has 0 N–H and O–H groups in total. The van der Waals surface area contributed by atoms with Crippen LogP contribution in [0.1, 0.15) is 24.9 Å². The lowest BCUT2D eigenvalue weighted by molar-refractivity contribution is -0.127. The summed E-state index contributed by atoms with van der Waals surface area (Å²) in [6, 6.07) is 4.15. The largest absolute Gasteiger partial charge is 0.338 e. The maximum absolute atomic E-state index is 11.5. The molecule has 1 fully saturated rings. The van der Waals surface area contributed by atoms with E-state index in [9.17, 15) is 4.79 Å². The van der Waals surface area contributed by atoms with Crippen molar-refractivity contribution in [3.8, 4) is 0 Å². The van der Waals surface area contributed by atoms with Crippen LogP contribution in [0.5, 0.6) is 0 Å². The molecule has 0 bridgehead atoms. The van der Waals surface area contributed by atoms with Gasteiger partial charge in [-0.25, -0.2) is 0 Å². The molecule has 1 aliphatic rings. The average molecular weight is 190 g/mol. The fourth-order valence-electron chi connectivity index (χ4n) is 2.17. The zero-order chi connectivity index (χ0) is 10.1. The Morgan fingerprint density at radius 1 is 1.57 bits per heavy atom. The first-order valence-corrected chi connectivity index (χ1v) is 4.85. The lowest BCUT2D eigenvalue weighted by atomic mass is 9.97. The molecule has 2 atom stereocenters. The lowest BCUT2D eigenvalue weighted by Gasteiger charge is -2.22. The molecular weight excluding hydrogens is 176 g/mol. The van der Waals surface area contributed by atoms with Gasteiger partial charge in [0.2, 0.25) is 5.91 Å². The molecule has 0 saturated carbocycles. The molecule has 3 nitrogen and oxygen atoms in total. The van der Waals surface area contributed by atoms with E-state index >= 15 is 0 Å². The maximum atomic E-state index is 11.5. The fraction of sp³-hybridized carbons (Fsp3) is 0.455. The van der Waals surface area contributed by atoms with Crippen LogP contribution in [-0.4, -0.2) is 22.8 Å². The van der Waals surface area contributed by atoms with E-state index in [1.54, 1.807) is 6.20 Å². The molecule has 1 aliphatic heterocycles. The highest BCUT2D eigenvalue weighted by atomic mass is 16.2. The molecule has 14 heavy (non-hydrogen) atoms. The molecule has 1 amide bonds. The summed E-state index contributed by atoms with van der Waals surface area (Å²) in [5.74, 6) is 0.614. The van der Waals surface area contributed by atoms with E-state index in [1.807, 2.05) is 30.3 Å². The van der Waals surface area contributed by atoms with Gasteiger partial charge in [0.15, 0.2) is 0 Å². The van der Waals surface area contributed by atoms with Crippen molar-refractivity contribution < 1.29 is 4.79 Å². The third-order valence-electron chi connectivity index (χ3n) is 2.87. The highest BCUT2D eigenvalue weighted by molar-refractivity contribution is 5.79. The Morgan fingerprint density at radius 2 is 2.36 bits per heavy atom. The van der Waals surface area contributed by atoms with E-state index in [0.29, 0.717) is 12.3 Å². The van der Waals surface area contributed by atoms with Crippen LogP contribution in [0, 0.1) is 5.92 Å². The van der Waals surface area contributed by atoms with E-state index in [2.05, 4.69) is 11.9 Å². The van der Waals surface area contributed by atoms with Gasteiger partial charge in [-0.15, -0.1) is 0 Å². The van der Waals surface area contributed by atoms with Gasteiger partial charge in [-0.05, 0) is 17.5 Å². The molecule has 1 unspecified atom stereocenters. The molecule has 74 valence electrons. The van der Waals surface area contributed by atoms with Gasteiger partial charge in [-0.1, -0.05) is 13.0 Å². The van der Waals surface area contributed by atoms with Gasteiger partial charge in [0.25, 0.3) is 0 Å². The normalized spacial score (nSPS) is 27.0. The number of pyridine rings is 1. The van der Waals surface area contributed by atoms with E-state index in [4.69, 9.17) is 0 Å².